The van der Waals surface area contributed by atoms with Crippen molar-refractivity contribution in [2.45, 2.75) is 26.8 Å². The number of hydrogen-bond acceptors (Lipinski definition) is 4. The molecule has 18 heavy (non-hydrogen) atoms. The third-order valence-electron chi connectivity index (χ3n) is 2.71. The average molecular weight is 249 g/mol. The van der Waals surface area contributed by atoms with Crippen LogP contribution in [0.1, 0.15) is 22.8 Å². The summed E-state index contributed by atoms with van der Waals surface area (Å²) in [5, 5.41) is 6.99. The molecular formula is C13H16FN3O. The van der Waals surface area contributed by atoms with Crippen molar-refractivity contribution in [3.8, 4) is 0 Å². The zero-order valence-electron chi connectivity index (χ0n) is 10.5. The van der Waals surface area contributed by atoms with E-state index in [0.29, 0.717) is 24.7 Å². The van der Waals surface area contributed by atoms with E-state index in [2.05, 4.69) is 15.5 Å². The number of aromatic nitrogens is 2. The Morgan fingerprint density at radius 1 is 1.33 bits per heavy atom. The van der Waals surface area contributed by atoms with Crippen molar-refractivity contribution in [1.82, 2.24) is 15.5 Å². The van der Waals surface area contributed by atoms with E-state index < -0.39 is 0 Å². The molecule has 1 heterocycles. The van der Waals surface area contributed by atoms with Crippen LogP contribution in [0.3, 0.4) is 0 Å². The summed E-state index contributed by atoms with van der Waals surface area (Å²) in [6.07, 6.45) is 0.696. The lowest BCUT2D eigenvalue weighted by molar-refractivity contribution is 0.372. The fraction of sp³-hybridized carbons (Fsp3) is 0.385. The van der Waals surface area contributed by atoms with E-state index in [-0.39, 0.29) is 5.82 Å². The standard InChI is InChI=1S/C13H16FN3O/c1-9-7-12(14)4-3-11(9)8-15-6-5-13-16-10(2)17-18-13/h3-4,7,15H,5-6,8H2,1-2H3. The quantitative estimate of drug-likeness (QED) is 0.825. The van der Waals surface area contributed by atoms with Gasteiger partial charge in [-0.3, -0.25) is 0 Å². The minimum absolute atomic E-state index is 0.197. The van der Waals surface area contributed by atoms with Crippen molar-refractivity contribution in [3.63, 3.8) is 0 Å². The Morgan fingerprint density at radius 2 is 2.17 bits per heavy atom. The van der Waals surface area contributed by atoms with Crippen LogP contribution in [0.25, 0.3) is 0 Å². The Bertz CT molecular complexity index is 525. The van der Waals surface area contributed by atoms with Crippen LogP contribution in [-0.4, -0.2) is 16.7 Å². The first-order valence-electron chi connectivity index (χ1n) is 5.90. The van der Waals surface area contributed by atoms with Crippen molar-refractivity contribution in [2.75, 3.05) is 6.54 Å². The molecule has 96 valence electrons. The van der Waals surface area contributed by atoms with Crippen LogP contribution < -0.4 is 5.32 Å². The summed E-state index contributed by atoms with van der Waals surface area (Å²) in [6.45, 7) is 5.15. The van der Waals surface area contributed by atoms with Gasteiger partial charge in [-0.2, -0.15) is 4.98 Å². The molecule has 0 unspecified atom stereocenters. The fourth-order valence-electron chi connectivity index (χ4n) is 1.72. The molecule has 0 aliphatic heterocycles. The summed E-state index contributed by atoms with van der Waals surface area (Å²) in [5.74, 6) is 1.09. The second-order valence-corrected chi connectivity index (χ2v) is 4.23. The van der Waals surface area contributed by atoms with E-state index in [9.17, 15) is 4.39 Å². The molecule has 2 rings (SSSR count). The van der Waals surface area contributed by atoms with Crippen molar-refractivity contribution >= 4 is 0 Å². The Hall–Kier alpha value is -1.75. The highest BCUT2D eigenvalue weighted by Crippen LogP contribution is 2.09. The van der Waals surface area contributed by atoms with Gasteiger partial charge in [-0.05, 0) is 37.1 Å². The number of rotatable bonds is 5. The smallest absolute Gasteiger partial charge is 0.227 e. The summed E-state index contributed by atoms with van der Waals surface area (Å²) in [6, 6.07) is 4.82. The molecule has 0 aliphatic rings. The lowest BCUT2D eigenvalue weighted by atomic mass is 10.1. The zero-order valence-corrected chi connectivity index (χ0v) is 10.5. The molecule has 0 radical (unpaired) electrons. The molecule has 5 heteroatoms. The molecule has 0 spiro atoms. The summed E-state index contributed by atoms with van der Waals surface area (Å²) in [7, 11) is 0. The molecule has 0 saturated heterocycles. The minimum atomic E-state index is -0.197. The number of hydrogen-bond donors (Lipinski definition) is 1. The van der Waals surface area contributed by atoms with Gasteiger partial charge in [-0.15, -0.1) is 0 Å². The van der Waals surface area contributed by atoms with Crippen LogP contribution in [0.15, 0.2) is 22.7 Å². The van der Waals surface area contributed by atoms with Gasteiger partial charge in [0, 0.05) is 19.5 Å². The number of halogens is 1. The van der Waals surface area contributed by atoms with Crippen molar-refractivity contribution in [1.29, 1.82) is 0 Å². The first kappa shape index (κ1) is 12.7. The Labute approximate surface area is 105 Å². The molecule has 1 N–H and O–H groups in total. The highest BCUT2D eigenvalue weighted by Gasteiger charge is 2.03. The van der Waals surface area contributed by atoms with Gasteiger partial charge in [-0.25, -0.2) is 4.39 Å². The van der Waals surface area contributed by atoms with Crippen LogP contribution in [0.2, 0.25) is 0 Å². The maximum absolute atomic E-state index is 12.9. The highest BCUT2D eigenvalue weighted by atomic mass is 19.1. The lowest BCUT2D eigenvalue weighted by Crippen LogP contribution is -2.17. The summed E-state index contributed by atoms with van der Waals surface area (Å²) in [4.78, 5) is 4.12. The third kappa shape index (κ3) is 3.37. The number of nitrogens with zero attached hydrogens (tertiary/aromatic N) is 2. The Balaban J connectivity index is 1.78. The van der Waals surface area contributed by atoms with Crippen molar-refractivity contribution in [3.05, 3.63) is 46.9 Å². The van der Waals surface area contributed by atoms with Gasteiger partial charge in [0.05, 0.1) is 0 Å². The van der Waals surface area contributed by atoms with E-state index in [1.807, 2.05) is 6.92 Å². The second kappa shape index (κ2) is 5.73. The highest BCUT2D eigenvalue weighted by molar-refractivity contribution is 5.26. The molecule has 1 aromatic carbocycles. The molecule has 0 bridgehead atoms. The van der Waals surface area contributed by atoms with Crippen LogP contribution in [-0.2, 0) is 13.0 Å². The van der Waals surface area contributed by atoms with Gasteiger partial charge in [0.1, 0.15) is 5.82 Å². The van der Waals surface area contributed by atoms with Crippen LogP contribution in [0.4, 0.5) is 4.39 Å². The van der Waals surface area contributed by atoms with Gasteiger partial charge in [0.25, 0.3) is 0 Å². The molecule has 0 aliphatic carbocycles. The molecular weight excluding hydrogens is 233 g/mol. The van der Waals surface area contributed by atoms with Crippen LogP contribution >= 0.6 is 0 Å². The first-order valence-corrected chi connectivity index (χ1v) is 5.90. The largest absolute Gasteiger partial charge is 0.339 e. The summed E-state index contributed by atoms with van der Waals surface area (Å²) >= 11 is 0. The first-order chi connectivity index (χ1) is 8.65. The van der Waals surface area contributed by atoms with Crippen molar-refractivity contribution in [2.24, 2.45) is 0 Å². The maximum Gasteiger partial charge on any atom is 0.227 e. The summed E-state index contributed by atoms with van der Waals surface area (Å²) < 4.78 is 17.9. The maximum atomic E-state index is 12.9. The fourth-order valence-corrected chi connectivity index (χ4v) is 1.72. The van der Waals surface area contributed by atoms with Gasteiger partial charge < -0.3 is 9.84 Å². The lowest BCUT2D eigenvalue weighted by Gasteiger charge is -2.06. The SMILES string of the molecule is Cc1noc(CCNCc2ccc(F)cc2C)n1. The van der Waals surface area contributed by atoms with Gasteiger partial charge in [-0.1, -0.05) is 11.2 Å². The molecule has 0 fully saturated rings. The monoisotopic (exact) mass is 249 g/mol. The third-order valence-corrected chi connectivity index (χ3v) is 2.71. The molecule has 2 aromatic rings. The van der Waals surface area contributed by atoms with E-state index in [1.165, 1.54) is 6.07 Å². The predicted molar refractivity (Wildman–Crippen MR) is 65.6 cm³/mol. The van der Waals surface area contributed by atoms with Crippen LogP contribution in [0, 0.1) is 19.7 Å². The molecule has 0 amide bonds. The predicted octanol–water partition coefficient (Wildman–Crippen LogP) is 2.16. The van der Waals surface area contributed by atoms with Gasteiger partial charge in [0.2, 0.25) is 5.89 Å². The van der Waals surface area contributed by atoms with Crippen molar-refractivity contribution < 1.29 is 8.91 Å². The minimum Gasteiger partial charge on any atom is -0.339 e. The zero-order chi connectivity index (χ0) is 13.0. The normalized spacial score (nSPS) is 10.8. The topological polar surface area (TPSA) is 51.0 Å². The van der Waals surface area contributed by atoms with E-state index in [1.54, 1.807) is 19.1 Å². The molecule has 0 atom stereocenters. The van der Waals surface area contributed by atoms with Crippen LogP contribution in [0.5, 0.6) is 0 Å². The Morgan fingerprint density at radius 3 is 2.83 bits per heavy atom. The number of nitrogens with one attached hydrogen (secondary N) is 1. The molecule has 1 aromatic heterocycles. The number of benzene rings is 1. The van der Waals surface area contributed by atoms with E-state index in [4.69, 9.17) is 4.52 Å². The molecule has 4 nitrogen and oxygen atoms in total. The molecule has 0 saturated carbocycles. The second-order valence-electron chi connectivity index (χ2n) is 4.23. The van der Waals surface area contributed by atoms with E-state index >= 15 is 0 Å². The summed E-state index contributed by atoms with van der Waals surface area (Å²) in [5.41, 5.74) is 2.05. The van der Waals surface area contributed by atoms with Gasteiger partial charge in [0.15, 0.2) is 5.82 Å². The van der Waals surface area contributed by atoms with E-state index in [0.717, 1.165) is 17.7 Å². The average Bonchev–Trinajstić information content (AvgIpc) is 2.73. The Kier molecular flexibility index (Phi) is 4.04. The number of aryl methyl sites for hydroxylation is 2. The van der Waals surface area contributed by atoms with Gasteiger partial charge >= 0.3 is 0 Å².